The van der Waals surface area contributed by atoms with Crippen LogP contribution in [0.4, 0.5) is 0 Å². The molecule has 2 N–H and O–H groups in total. The van der Waals surface area contributed by atoms with Gasteiger partial charge in [0.05, 0.1) is 27.1 Å². The van der Waals surface area contributed by atoms with Crippen LogP contribution in [0.1, 0.15) is 46.0 Å². The van der Waals surface area contributed by atoms with Gasteiger partial charge in [-0.2, -0.15) is 0 Å². The number of carbonyl (C=O) groups is 4. The van der Waals surface area contributed by atoms with Gasteiger partial charge in [0.15, 0.2) is 0 Å². The maximum absolute atomic E-state index is 10.5. The summed E-state index contributed by atoms with van der Waals surface area (Å²) in [6, 6.07) is 0. The van der Waals surface area contributed by atoms with Crippen LogP contribution in [0.25, 0.3) is 0 Å². The van der Waals surface area contributed by atoms with Gasteiger partial charge < -0.3 is 19.7 Å². The van der Waals surface area contributed by atoms with Gasteiger partial charge in [0.1, 0.15) is 0 Å². The molecule has 0 heterocycles. The van der Waals surface area contributed by atoms with Gasteiger partial charge >= 0.3 is 23.9 Å². The highest BCUT2D eigenvalue weighted by molar-refractivity contribution is 5.72. The SMILES string of the molecule is CC(C)(CC(=O)O)CC(=O)O.COC(=O)CCCC(=O)OC. The van der Waals surface area contributed by atoms with Crippen molar-refractivity contribution < 1.29 is 38.9 Å². The lowest BCUT2D eigenvalue weighted by atomic mass is 9.86. The summed E-state index contributed by atoms with van der Waals surface area (Å²) in [4.78, 5) is 41.4. The lowest BCUT2D eigenvalue weighted by molar-refractivity contribution is -0.144. The first-order valence-corrected chi connectivity index (χ1v) is 6.61. The molecule has 8 heteroatoms. The van der Waals surface area contributed by atoms with Gasteiger partial charge in [0.25, 0.3) is 0 Å². The van der Waals surface area contributed by atoms with Crippen LogP contribution >= 0.6 is 0 Å². The monoisotopic (exact) mass is 320 g/mol. The number of hydrogen-bond donors (Lipinski definition) is 2. The van der Waals surface area contributed by atoms with Crippen molar-refractivity contribution in [1.82, 2.24) is 0 Å². The Labute approximate surface area is 129 Å². The molecule has 22 heavy (non-hydrogen) atoms. The Hall–Kier alpha value is -2.12. The van der Waals surface area contributed by atoms with Crippen LogP contribution in [0, 0.1) is 5.41 Å². The summed E-state index contributed by atoms with van der Waals surface area (Å²) in [5.41, 5.74) is -0.655. The van der Waals surface area contributed by atoms with Crippen LogP contribution in [0.2, 0.25) is 0 Å². The van der Waals surface area contributed by atoms with Gasteiger partial charge in [0, 0.05) is 12.8 Å². The minimum Gasteiger partial charge on any atom is -0.481 e. The number of rotatable bonds is 8. The average molecular weight is 320 g/mol. The van der Waals surface area contributed by atoms with E-state index in [-0.39, 0.29) is 37.6 Å². The van der Waals surface area contributed by atoms with Crippen LogP contribution in [0.15, 0.2) is 0 Å². The summed E-state index contributed by atoms with van der Waals surface area (Å²) in [7, 11) is 2.64. The second-order valence-corrected chi connectivity index (χ2v) is 5.31. The van der Waals surface area contributed by atoms with Gasteiger partial charge in [-0.05, 0) is 11.8 Å². The van der Waals surface area contributed by atoms with E-state index in [1.165, 1.54) is 14.2 Å². The van der Waals surface area contributed by atoms with Gasteiger partial charge in [0.2, 0.25) is 0 Å². The van der Waals surface area contributed by atoms with E-state index in [4.69, 9.17) is 10.2 Å². The number of esters is 2. The summed E-state index contributed by atoms with van der Waals surface area (Å²) in [6.45, 7) is 3.24. The summed E-state index contributed by atoms with van der Waals surface area (Å²) >= 11 is 0. The smallest absolute Gasteiger partial charge is 0.305 e. The number of carbonyl (C=O) groups excluding carboxylic acids is 2. The Morgan fingerprint density at radius 2 is 1.14 bits per heavy atom. The number of methoxy groups -OCH3 is 2. The Kier molecular flexibility index (Phi) is 11.6. The molecule has 128 valence electrons. The van der Waals surface area contributed by atoms with E-state index in [1.54, 1.807) is 13.8 Å². The van der Waals surface area contributed by atoms with Crippen LogP contribution in [0.5, 0.6) is 0 Å². The topological polar surface area (TPSA) is 127 Å². The van der Waals surface area contributed by atoms with Crippen molar-refractivity contribution in [3.8, 4) is 0 Å². The Bertz CT molecular complexity index is 352. The minimum absolute atomic E-state index is 0.112. The van der Waals surface area contributed by atoms with Crippen molar-refractivity contribution in [1.29, 1.82) is 0 Å². The molecule has 0 bridgehead atoms. The average Bonchev–Trinajstić information content (AvgIpc) is 2.35. The number of carboxylic acid groups (broad SMARTS) is 2. The minimum atomic E-state index is -0.962. The van der Waals surface area contributed by atoms with Gasteiger partial charge in [-0.3, -0.25) is 19.2 Å². The van der Waals surface area contributed by atoms with Gasteiger partial charge in [-0.25, -0.2) is 0 Å². The number of ether oxygens (including phenoxy) is 2. The van der Waals surface area contributed by atoms with Crippen LogP contribution in [-0.2, 0) is 28.7 Å². The molecule has 0 saturated carbocycles. The molecule has 0 aliphatic rings. The van der Waals surface area contributed by atoms with Crippen molar-refractivity contribution in [2.75, 3.05) is 14.2 Å². The van der Waals surface area contributed by atoms with E-state index in [0.717, 1.165) is 0 Å². The van der Waals surface area contributed by atoms with E-state index in [9.17, 15) is 19.2 Å². The maximum atomic E-state index is 10.5. The van der Waals surface area contributed by atoms with E-state index >= 15 is 0 Å². The predicted molar refractivity (Wildman–Crippen MR) is 76.2 cm³/mol. The van der Waals surface area contributed by atoms with E-state index in [2.05, 4.69) is 9.47 Å². The lowest BCUT2D eigenvalue weighted by Crippen LogP contribution is -2.20. The largest absolute Gasteiger partial charge is 0.481 e. The maximum Gasteiger partial charge on any atom is 0.305 e. The fraction of sp³-hybridized carbons (Fsp3) is 0.714. The third-order valence-electron chi connectivity index (χ3n) is 2.48. The zero-order chi connectivity index (χ0) is 17.8. The summed E-state index contributed by atoms with van der Waals surface area (Å²) < 4.78 is 8.75. The molecular formula is C14H24O8. The molecule has 0 aliphatic carbocycles. The molecule has 8 nitrogen and oxygen atoms in total. The van der Waals surface area contributed by atoms with Crippen LogP contribution in [-0.4, -0.2) is 48.3 Å². The predicted octanol–water partition coefficient (Wildman–Crippen LogP) is 1.46. The molecule has 0 spiro atoms. The molecule has 0 unspecified atom stereocenters. The zero-order valence-corrected chi connectivity index (χ0v) is 13.4. The van der Waals surface area contributed by atoms with Gasteiger partial charge in [-0.15, -0.1) is 0 Å². The lowest BCUT2D eigenvalue weighted by Gasteiger charge is -2.18. The molecule has 0 aromatic carbocycles. The van der Waals surface area contributed by atoms with Crippen LogP contribution < -0.4 is 0 Å². The van der Waals surface area contributed by atoms with Crippen molar-refractivity contribution in [2.45, 2.75) is 46.0 Å². The quantitative estimate of drug-likeness (QED) is 0.643. The number of carboxylic acids is 2. The fourth-order valence-electron chi connectivity index (χ4n) is 1.46. The Morgan fingerprint density at radius 3 is 1.36 bits per heavy atom. The fourth-order valence-corrected chi connectivity index (χ4v) is 1.46. The third-order valence-corrected chi connectivity index (χ3v) is 2.48. The highest BCUT2D eigenvalue weighted by Crippen LogP contribution is 2.24. The highest BCUT2D eigenvalue weighted by Gasteiger charge is 2.24. The standard InChI is InChI=1S/2C7H12O4/c1-7(2,3-5(8)9)4-6(10)11;1-10-6(8)4-3-5-7(9)11-2/h3-4H2,1-2H3,(H,8,9)(H,10,11);3-5H2,1-2H3. The molecular weight excluding hydrogens is 296 g/mol. The Morgan fingerprint density at radius 1 is 0.818 bits per heavy atom. The first-order chi connectivity index (χ1) is 10.0. The molecule has 0 radical (unpaired) electrons. The molecule has 0 aromatic rings. The number of aliphatic carboxylic acids is 2. The van der Waals surface area contributed by atoms with E-state index < -0.39 is 17.4 Å². The third kappa shape index (κ3) is 15.9. The van der Waals surface area contributed by atoms with Crippen LogP contribution in [0.3, 0.4) is 0 Å². The second-order valence-electron chi connectivity index (χ2n) is 5.31. The second kappa shape index (κ2) is 11.5. The molecule has 0 amide bonds. The zero-order valence-electron chi connectivity index (χ0n) is 13.4. The first kappa shape index (κ1) is 22.2. The van der Waals surface area contributed by atoms with Crippen molar-refractivity contribution in [3.05, 3.63) is 0 Å². The normalized spacial score (nSPS) is 10.0. The van der Waals surface area contributed by atoms with Crippen molar-refractivity contribution in [3.63, 3.8) is 0 Å². The molecule has 0 fully saturated rings. The van der Waals surface area contributed by atoms with Crippen molar-refractivity contribution in [2.24, 2.45) is 5.41 Å². The van der Waals surface area contributed by atoms with E-state index in [0.29, 0.717) is 6.42 Å². The van der Waals surface area contributed by atoms with E-state index in [1.807, 2.05) is 0 Å². The molecule has 0 aliphatic heterocycles. The molecule has 0 aromatic heterocycles. The highest BCUT2D eigenvalue weighted by atomic mass is 16.5. The number of hydrogen-bond acceptors (Lipinski definition) is 6. The summed E-state index contributed by atoms with van der Waals surface area (Å²) in [5.74, 6) is -2.52. The Balaban J connectivity index is 0. The molecule has 0 rings (SSSR count). The molecule has 0 saturated heterocycles. The summed E-state index contributed by atoms with van der Waals surface area (Å²) in [5, 5.41) is 16.7. The van der Waals surface area contributed by atoms with Gasteiger partial charge in [-0.1, -0.05) is 13.8 Å². The van der Waals surface area contributed by atoms with Crippen molar-refractivity contribution >= 4 is 23.9 Å². The summed E-state index contributed by atoms with van der Waals surface area (Å²) in [6.07, 6.45) is 0.801. The first-order valence-electron chi connectivity index (χ1n) is 6.61. The molecule has 0 atom stereocenters.